The molecule has 1 unspecified atom stereocenters. The summed E-state index contributed by atoms with van der Waals surface area (Å²) in [6.07, 6.45) is 3.30. The molecule has 1 atom stereocenters. The van der Waals surface area contributed by atoms with Gasteiger partial charge in [-0.25, -0.2) is 0 Å². The Labute approximate surface area is 156 Å². The van der Waals surface area contributed by atoms with Gasteiger partial charge in [-0.2, -0.15) is 0 Å². The van der Waals surface area contributed by atoms with E-state index in [0.29, 0.717) is 41.9 Å². The maximum absolute atomic E-state index is 12.7. The molecule has 8 heteroatoms. The van der Waals surface area contributed by atoms with E-state index in [1.54, 1.807) is 34.9 Å². The second-order valence-corrected chi connectivity index (χ2v) is 6.73. The van der Waals surface area contributed by atoms with Crippen molar-refractivity contribution in [3.63, 3.8) is 0 Å². The molecule has 0 saturated carbocycles. The van der Waals surface area contributed by atoms with Crippen molar-refractivity contribution in [2.75, 3.05) is 26.2 Å². The maximum Gasteiger partial charge on any atom is 0.270 e. The lowest BCUT2D eigenvalue weighted by Gasteiger charge is -2.35. The number of carbonyl (C=O) groups excluding carboxylic acids is 2. The normalized spacial score (nSPS) is 20.1. The molecule has 1 N–H and O–H groups in total. The summed E-state index contributed by atoms with van der Waals surface area (Å²) in [4.78, 5) is 31.9. The van der Waals surface area contributed by atoms with Gasteiger partial charge < -0.3 is 15.1 Å². The number of piperazine rings is 1. The van der Waals surface area contributed by atoms with Crippen molar-refractivity contribution >= 4 is 41.4 Å². The molecule has 1 aromatic carbocycles. The van der Waals surface area contributed by atoms with Crippen molar-refractivity contribution in [3.8, 4) is 0 Å². The molecule has 1 aromatic rings. The third kappa shape index (κ3) is 3.96. The van der Waals surface area contributed by atoms with Crippen LogP contribution in [0.4, 0.5) is 0 Å². The van der Waals surface area contributed by atoms with Gasteiger partial charge in [0.1, 0.15) is 5.70 Å². The lowest BCUT2D eigenvalue weighted by Crippen LogP contribution is -2.51. The predicted octanol–water partition coefficient (Wildman–Crippen LogP) is 2.24. The molecule has 2 aliphatic heterocycles. The fourth-order valence-corrected chi connectivity index (χ4v) is 3.15. The highest BCUT2D eigenvalue weighted by Crippen LogP contribution is 2.29. The first-order chi connectivity index (χ1) is 12.0. The quantitative estimate of drug-likeness (QED) is 0.855. The van der Waals surface area contributed by atoms with Crippen LogP contribution in [0, 0.1) is 0 Å². The monoisotopic (exact) mass is 380 g/mol. The van der Waals surface area contributed by atoms with Gasteiger partial charge in [0.2, 0.25) is 5.91 Å². The molecule has 0 aliphatic carbocycles. The van der Waals surface area contributed by atoms with Crippen molar-refractivity contribution in [1.29, 1.82) is 0 Å². The zero-order valence-electron chi connectivity index (χ0n) is 13.7. The Morgan fingerprint density at radius 2 is 1.80 bits per heavy atom. The minimum atomic E-state index is -0.298. The standard InChI is InChI=1S/C17H18Cl2N4O2/c1-11(24)22-4-6-23(7-5-22)17(25)16-9-15(20-10-21-16)12-2-3-13(18)14(19)8-12/h2-3,8-10,15H,4-7H2,1H3,(H,20,21). The fourth-order valence-electron chi connectivity index (χ4n) is 2.84. The van der Waals surface area contributed by atoms with E-state index in [1.165, 1.54) is 6.34 Å². The van der Waals surface area contributed by atoms with Gasteiger partial charge in [-0.3, -0.25) is 14.6 Å². The highest BCUT2D eigenvalue weighted by Gasteiger charge is 2.26. The third-order valence-corrected chi connectivity index (χ3v) is 5.05. The third-order valence-electron chi connectivity index (χ3n) is 4.31. The Bertz CT molecular complexity index is 755. The zero-order chi connectivity index (χ0) is 18.0. The number of carbonyl (C=O) groups is 2. The Balaban J connectivity index is 1.71. The van der Waals surface area contributed by atoms with Crippen LogP contribution in [0.5, 0.6) is 0 Å². The summed E-state index contributed by atoms with van der Waals surface area (Å²) >= 11 is 12.0. The van der Waals surface area contributed by atoms with Crippen LogP contribution in [-0.4, -0.2) is 54.1 Å². The summed E-state index contributed by atoms with van der Waals surface area (Å²) in [6, 6.07) is 5.01. The predicted molar refractivity (Wildman–Crippen MR) is 97.7 cm³/mol. The molecule has 132 valence electrons. The number of rotatable bonds is 2. The Morgan fingerprint density at radius 1 is 1.12 bits per heavy atom. The van der Waals surface area contributed by atoms with Crippen LogP contribution in [0.2, 0.25) is 10.0 Å². The summed E-state index contributed by atoms with van der Waals surface area (Å²) in [5, 5.41) is 3.85. The maximum atomic E-state index is 12.7. The van der Waals surface area contributed by atoms with Gasteiger partial charge in [0.15, 0.2) is 0 Å². The molecular formula is C17H18Cl2N4O2. The van der Waals surface area contributed by atoms with Crippen molar-refractivity contribution < 1.29 is 9.59 Å². The molecule has 3 rings (SSSR count). The van der Waals surface area contributed by atoms with E-state index in [4.69, 9.17) is 23.2 Å². The molecular weight excluding hydrogens is 363 g/mol. The van der Waals surface area contributed by atoms with Gasteiger partial charge in [0.25, 0.3) is 5.91 Å². The van der Waals surface area contributed by atoms with E-state index in [1.807, 2.05) is 6.07 Å². The van der Waals surface area contributed by atoms with E-state index in [-0.39, 0.29) is 17.9 Å². The van der Waals surface area contributed by atoms with Crippen molar-refractivity contribution in [1.82, 2.24) is 15.1 Å². The van der Waals surface area contributed by atoms with E-state index in [9.17, 15) is 9.59 Å². The SMILES string of the molecule is CC(=O)N1CCN(C(=O)C2=CC(c3ccc(Cl)c(Cl)c3)N=CN2)CC1. The van der Waals surface area contributed by atoms with Crippen LogP contribution in [0.15, 0.2) is 35.0 Å². The van der Waals surface area contributed by atoms with Crippen molar-refractivity contribution in [3.05, 3.63) is 45.6 Å². The Kier molecular flexibility index (Phi) is 5.30. The molecule has 1 saturated heterocycles. The van der Waals surface area contributed by atoms with Crippen LogP contribution < -0.4 is 5.32 Å². The second-order valence-electron chi connectivity index (χ2n) is 5.92. The smallest absolute Gasteiger partial charge is 0.270 e. The molecule has 0 spiro atoms. The van der Waals surface area contributed by atoms with Crippen molar-refractivity contribution in [2.24, 2.45) is 4.99 Å². The number of amides is 2. The number of aliphatic imine (C=N–C) groups is 1. The number of hydrogen-bond donors (Lipinski definition) is 1. The minimum Gasteiger partial charge on any atom is -0.342 e. The minimum absolute atomic E-state index is 0.0360. The fraction of sp³-hybridized carbons (Fsp3) is 0.353. The summed E-state index contributed by atoms with van der Waals surface area (Å²) in [7, 11) is 0. The number of halogens is 2. The average Bonchev–Trinajstić information content (AvgIpc) is 2.63. The molecule has 2 heterocycles. The van der Waals surface area contributed by atoms with Gasteiger partial charge in [0.05, 0.1) is 22.4 Å². The topological polar surface area (TPSA) is 65.0 Å². The first-order valence-corrected chi connectivity index (χ1v) is 8.71. The second kappa shape index (κ2) is 7.45. The molecule has 0 aromatic heterocycles. The van der Waals surface area contributed by atoms with Gasteiger partial charge in [-0.1, -0.05) is 29.3 Å². The van der Waals surface area contributed by atoms with Crippen LogP contribution in [0.3, 0.4) is 0 Å². The van der Waals surface area contributed by atoms with Crippen LogP contribution in [0.1, 0.15) is 18.5 Å². The average molecular weight is 381 g/mol. The van der Waals surface area contributed by atoms with Gasteiger partial charge >= 0.3 is 0 Å². The number of benzene rings is 1. The van der Waals surface area contributed by atoms with Crippen LogP contribution in [-0.2, 0) is 9.59 Å². The van der Waals surface area contributed by atoms with Gasteiger partial charge in [-0.05, 0) is 23.8 Å². The van der Waals surface area contributed by atoms with Gasteiger partial charge in [0, 0.05) is 33.1 Å². The highest BCUT2D eigenvalue weighted by atomic mass is 35.5. The molecule has 0 bridgehead atoms. The summed E-state index contributed by atoms with van der Waals surface area (Å²) in [5.74, 6) is -0.0617. The van der Waals surface area contributed by atoms with E-state index < -0.39 is 0 Å². The lowest BCUT2D eigenvalue weighted by atomic mass is 10.0. The van der Waals surface area contributed by atoms with E-state index >= 15 is 0 Å². The Hall–Kier alpha value is -2.05. The van der Waals surface area contributed by atoms with Crippen molar-refractivity contribution in [2.45, 2.75) is 13.0 Å². The molecule has 2 aliphatic rings. The number of nitrogens with zero attached hydrogens (tertiary/aromatic N) is 3. The first kappa shape index (κ1) is 17.8. The summed E-state index contributed by atoms with van der Waals surface area (Å²) < 4.78 is 0. The van der Waals surface area contributed by atoms with Crippen LogP contribution >= 0.6 is 23.2 Å². The Morgan fingerprint density at radius 3 is 2.44 bits per heavy atom. The summed E-state index contributed by atoms with van der Waals surface area (Å²) in [5.41, 5.74) is 1.33. The molecule has 1 fully saturated rings. The molecule has 25 heavy (non-hydrogen) atoms. The largest absolute Gasteiger partial charge is 0.342 e. The van der Waals surface area contributed by atoms with Crippen LogP contribution in [0.25, 0.3) is 0 Å². The first-order valence-electron chi connectivity index (χ1n) is 7.95. The number of nitrogens with one attached hydrogen (secondary N) is 1. The molecule has 6 nitrogen and oxygen atoms in total. The molecule has 0 radical (unpaired) electrons. The van der Waals surface area contributed by atoms with E-state index in [0.717, 1.165) is 5.56 Å². The number of hydrogen-bond acceptors (Lipinski definition) is 4. The van der Waals surface area contributed by atoms with Gasteiger partial charge in [-0.15, -0.1) is 0 Å². The highest BCUT2D eigenvalue weighted by molar-refractivity contribution is 6.42. The summed E-state index contributed by atoms with van der Waals surface area (Å²) in [6.45, 7) is 3.69. The lowest BCUT2D eigenvalue weighted by molar-refractivity contribution is -0.136. The zero-order valence-corrected chi connectivity index (χ0v) is 15.2. The molecule has 2 amide bonds. The van der Waals surface area contributed by atoms with E-state index in [2.05, 4.69) is 10.3 Å².